The van der Waals surface area contributed by atoms with Gasteiger partial charge in [0, 0.05) is 71.6 Å². The van der Waals surface area contributed by atoms with Crippen LogP contribution in [-0.4, -0.2) is 123 Å². The average Bonchev–Trinajstić information content (AvgIpc) is 3.26. The summed E-state index contributed by atoms with van der Waals surface area (Å²) in [5, 5.41) is 3.44. The summed E-state index contributed by atoms with van der Waals surface area (Å²) >= 11 is 0. The van der Waals surface area contributed by atoms with Crippen molar-refractivity contribution >= 4 is 35.8 Å². The van der Waals surface area contributed by atoms with Gasteiger partial charge in [0.15, 0.2) is 5.96 Å². The van der Waals surface area contributed by atoms with Gasteiger partial charge < -0.3 is 24.8 Å². The van der Waals surface area contributed by atoms with Gasteiger partial charge >= 0.3 is 0 Å². The first kappa shape index (κ1) is 24.6. The third kappa shape index (κ3) is 6.93. The van der Waals surface area contributed by atoms with Crippen LogP contribution in [0.15, 0.2) is 4.99 Å². The number of hydrogen-bond acceptors (Lipinski definition) is 5. The minimum absolute atomic E-state index is 0. The molecule has 0 saturated carbocycles. The van der Waals surface area contributed by atoms with Crippen LogP contribution in [0.5, 0.6) is 0 Å². The maximum Gasteiger partial charge on any atom is 0.251 e. The molecule has 3 rings (SSSR count). The van der Waals surface area contributed by atoms with E-state index in [2.05, 4.69) is 40.9 Å². The molecule has 0 aromatic carbocycles. The number of hydrogen-bond donors (Lipinski definition) is 1. The topological polar surface area (TPSA) is 63.7 Å². The van der Waals surface area contributed by atoms with Crippen molar-refractivity contribution in [3.8, 4) is 0 Å². The number of aliphatic imine (C=N–C) groups is 1. The molecule has 3 heterocycles. The number of nitrogens with one attached hydrogen (secondary N) is 1. The molecular weight excluding hydrogens is 483 g/mol. The van der Waals surface area contributed by atoms with Crippen molar-refractivity contribution in [2.75, 3.05) is 79.1 Å². The summed E-state index contributed by atoms with van der Waals surface area (Å²) in [6.45, 7) is 14.4. The maximum absolute atomic E-state index is 12.5. The Bertz CT molecular complexity index is 527. The Hall–Kier alpha value is -0.650. The van der Waals surface area contributed by atoms with Gasteiger partial charge in [0.2, 0.25) is 0 Å². The van der Waals surface area contributed by atoms with Crippen molar-refractivity contribution in [3.05, 3.63) is 0 Å². The number of amides is 1. The van der Waals surface area contributed by atoms with Gasteiger partial charge in [-0.3, -0.25) is 14.7 Å². The molecule has 0 spiro atoms. The molecule has 0 aliphatic carbocycles. The van der Waals surface area contributed by atoms with Crippen LogP contribution in [0, 0.1) is 0 Å². The number of rotatable bonds is 5. The van der Waals surface area contributed by atoms with E-state index in [1.54, 1.807) is 0 Å². The first-order chi connectivity index (χ1) is 13.6. The van der Waals surface area contributed by atoms with Crippen LogP contribution >= 0.6 is 24.0 Å². The highest BCUT2D eigenvalue weighted by atomic mass is 127. The highest BCUT2D eigenvalue weighted by molar-refractivity contribution is 14.0. The first-order valence-electron chi connectivity index (χ1n) is 10.9. The zero-order valence-corrected chi connectivity index (χ0v) is 20.6. The fourth-order valence-electron chi connectivity index (χ4n) is 4.14. The summed E-state index contributed by atoms with van der Waals surface area (Å²) in [5.74, 6) is 1.15. The Balaban J connectivity index is 0.00000300. The summed E-state index contributed by atoms with van der Waals surface area (Å²) in [5.41, 5.74) is 0. The lowest BCUT2D eigenvalue weighted by atomic mass is 10.2. The molecule has 3 saturated heterocycles. The Labute approximate surface area is 193 Å². The number of halogens is 1. The molecule has 3 aliphatic heterocycles. The van der Waals surface area contributed by atoms with Gasteiger partial charge in [0.25, 0.3) is 5.91 Å². The lowest BCUT2D eigenvalue weighted by Gasteiger charge is -2.38. The lowest BCUT2D eigenvalue weighted by molar-refractivity contribution is -0.142. The van der Waals surface area contributed by atoms with Crippen LogP contribution in [-0.2, 0) is 9.53 Å². The molecular formula is C20H39IN6O2. The molecule has 0 radical (unpaired) electrons. The number of carbonyl (C=O) groups excluding carboxylic acids is 1. The van der Waals surface area contributed by atoms with Crippen LogP contribution in [0.2, 0.25) is 0 Å². The second kappa shape index (κ2) is 12.3. The van der Waals surface area contributed by atoms with E-state index in [-0.39, 0.29) is 36.0 Å². The van der Waals surface area contributed by atoms with Gasteiger partial charge in [-0.2, -0.15) is 0 Å². The van der Waals surface area contributed by atoms with Gasteiger partial charge in [-0.1, -0.05) is 0 Å². The zero-order chi connectivity index (χ0) is 19.9. The number of likely N-dealkylation sites (N-methyl/N-ethyl adjacent to an activating group) is 1. The summed E-state index contributed by atoms with van der Waals surface area (Å²) < 4.78 is 5.56. The number of carbonyl (C=O) groups is 1. The van der Waals surface area contributed by atoms with Crippen molar-refractivity contribution in [1.29, 1.82) is 0 Å². The molecule has 8 nitrogen and oxygen atoms in total. The van der Waals surface area contributed by atoms with Crippen molar-refractivity contribution in [1.82, 2.24) is 24.9 Å². The second-order valence-electron chi connectivity index (χ2n) is 8.20. The minimum Gasteiger partial charge on any atom is -0.368 e. The molecule has 9 heteroatoms. The molecule has 0 bridgehead atoms. The predicted molar refractivity (Wildman–Crippen MR) is 127 cm³/mol. The SMILES string of the molecule is CCNC(=NCC(C)N1CCN(C)CC1)N1CCN(C(=O)C2CCCO2)CC1.I. The molecule has 2 atom stereocenters. The Morgan fingerprint density at radius 3 is 2.34 bits per heavy atom. The number of nitrogens with zero attached hydrogens (tertiary/aromatic N) is 5. The largest absolute Gasteiger partial charge is 0.368 e. The van der Waals surface area contributed by atoms with Crippen LogP contribution in [0.3, 0.4) is 0 Å². The Kier molecular flexibility index (Phi) is 10.4. The molecule has 168 valence electrons. The molecule has 3 fully saturated rings. The van der Waals surface area contributed by atoms with Crippen LogP contribution in [0.4, 0.5) is 0 Å². The van der Waals surface area contributed by atoms with Crippen LogP contribution < -0.4 is 5.32 Å². The van der Waals surface area contributed by atoms with Gasteiger partial charge in [-0.15, -0.1) is 24.0 Å². The first-order valence-corrected chi connectivity index (χ1v) is 10.9. The molecule has 3 aliphatic rings. The summed E-state index contributed by atoms with van der Waals surface area (Å²) in [6.07, 6.45) is 1.66. The zero-order valence-electron chi connectivity index (χ0n) is 18.3. The van der Waals surface area contributed by atoms with Crippen LogP contribution in [0.25, 0.3) is 0 Å². The summed E-state index contributed by atoms with van der Waals surface area (Å²) in [4.78, 5) is 26.6. The molecule has 1 amide bonds. The summed E-state index contributed by atoms with van der Waals surface area (Å²) in [6, 6.07) is 0.449. The van der Waals surface area contributed by atoms with E-state index in [9.17, 15) is 4.79 Å². The van der Waals surface area contributed by atoms with Crippen molar-refractivity contribution < 1.29 is 9.53 Å². The highest BCUT2D eigenvalue weighted by Gasteiger charge is 2.31. The van der Waals surface area contributed by atoms with E-state index in [4.69, 9.17) is 9.73 Å². The fraction of sp³-hybridized carbons (Fsp3) is 0.900. The van der Waals surface area contributed by atoms with Gasteiger partial charge in [0.1, 0.15) is 6.10 Å². The van der Waals surface area contributed by atoms with E-state index in [1.165, 1.54) is 0 Å². The number of piperazine rings is 2. The second-order valence-corrected chi connectivity index (χ2v) is 8.20. The molecule has 1 N–H and O–H groups in total. The monoisotopic (exact) mass is 522 g/mol. The third-order valence-corrected chi connectivity index (χ3v) is 6.10. The summed E-state index contributed by atoms with van der Waals surface area (Å²) in [7, 11) is 2.19. The van der Waals surface area contributed by atoms with Crippen molar-refractivity contribution in [2.24, 2.45) is 4.99 Å². The molecule has 0 aromatic rings. The molecule has 0 aromatic heterocycles. The van der Waals surface area contributed by atoms with Crippen molar-refractivity contribution in [3.63, 3.8) is 0 Å². The predicted octanol–water partition coefficient (Wildman–Crippen LogP) is 0.529. The minimum atomic E-state index is -0.210. The number of ether oxygens (including phenoxy) is 1. The normalized spacial score (nSPS) is 25.6. The van der Waals surface area contributed by atoms with Gasteiger partial charge in [-0.05, 0) is 33.7 Å². The molecule has 29 heavy (non-hydrogen) atoms. The van der Waals surface area contributed by atoms with Gasteiger partial charge in [-0.25, -0.2) is 0 Å². The van der Waals surface area contributed by atoms with Gasteiger partial charge in [0.05, 0.1) is 6.54 Å². The van der Waals surface area contributed by atoms with E-state index >= 15 is 0 Å². The number of guanidine groups is 1. The smallest absolute Gasteiger partial charge is 0.251 e. The van der Waals surface area contributed by atoms with E-state index < -0.39 is 0 Å². The Morgan fingerprint density at radius 1 is 1.10 bits per heavy atom. The van der Waals surface area contributed by atoms with E-state index in [0.29, 0.717) is 6.04 Å². The maximum atomic E-state index is 12.5. The van der Waals surface area contributed by atoms with Crippen molar-refractivity contribution in [2.45, 2.75) is 38.8 Å². The fourth-order valence-corrected chi connectivity index (χ4v) is 4.14. The average molecular weight is 522 g/mol. The highest BCUT2D eigenvalue weighted by Crippen LogP contribution is 2.16. The van der Waals surface area contributed by atoms with E-state index in [0.717, 1.165) is 90.9 Å². The standard InChI is InChI=1S/C20H38N6O2.HI/c1-4-21-20(22-16-17(2)24-9-7-23(3)8-10-24)26-13-11-25(12-14-26)19(27)18-6-5-15-28-18;/h17-18H,4-16H2,1-3H3,(H,21,22);1H. The third-order valence-electron chi connectivity index (χ3n) is 6.10. The molecule has 2 unspecified atom stereocenters. The van der Waals surface area contributed by atoms with Crippen LogP contribution in [0.1, 0.15) is 26.7 Å². The van der Waals surface area contributed by atoms with E-state index in [1.807, 2.05) is 4.90 Å². The quantitative estimate of drug-likeness (QED) is 0.323. The Morgan fingerprint density at radius 2 is 1.76 bits per heavy atom. The lowest BCUT2D eigenvalue weighted by Crippen LogP contribution is -2.55.